The van der Waals surface area contributed by atoms with Crippen molar-refractivity contribution in [2.75, 3.05) is 0 Å². The first-order chi connectivity index (χ1) is 10.6. The minimum absolute atomic E-state index is 0.129. The fourth-order valence-corrected chi connectivity index (χ4v) is 2.34. The van der Waals surface area contributed by atoms with E-state index in [0.717, 1.165) is 12.8 Å². The average molecular weight is 318 g/mol. The monoisotopic (exact) mass is 317 g/mol. The summed E-state index contributed by atoms with van der Waals surface area (Å²) in [6.45, 7) is 3.91. The van der Waals surface area contributed by atoms with E-state index >= 15 is 0 Å². The number of benzene rings is 1. The SMILES string of the molecule is C=C(Cl)Cn1nnc([C@H](NC(=O)c2ccccc2)C2CC2)n1. The van der Waals surface area contributed by atoms with Gasteiger partial charge in [-0.1, -0.05) is 36.4 Å². The Morgan fingerprint density at radius 1 is 1.41 bits per heavy atom. The van der Waals surface area contributed by atoms with Gasteiger partial charge in [-0.15, -0.1) is 10.2 Å². The molecule has 0 radical (unpaired) electrons. The largest absolute Gasteiger partial charge is 0.342 e. The summed E-state index contributed by atoms with van der Waals surface area (Å²) in [6, 6.07) is 8.89. The molecule has 1 amide bonds. The summed E-state index contributed by atoms with van der Waals surface area (Å²) >= 11 is 5.75. The molecule has 6 nitrogen and oxygen atoms in total. The number of carbonyl (C=O) groups is 1. The van der Waals surface area contributed by atoms with Crippen molar-refractivity contribution in [1.82, 2.24) is 25.5 Å². The van der Waals surface area contributed by atoms with Gasteiger partial charge in [0, 0.05) is 10.6 Å². The second-order valence-electron chi connectivity index (χ2n) is 5.35. The molecule has 1 N–H and O–H groups in total. The number of halogens is 1. The number of hydrogen-bond donors (Lipinski definition) is 1. The molecule has 114 valence electrons. The van der Waals surface area contributed by atoms with Gasteiger partial charge in [-0.2, -0.15) is 4.80 Å². The summed E-state index contributed by atoms with van der Waals surface area (Å²) in [5.74, 6) is 0.754. The van der Waals surface area contributed by atoms with E-state index in [4.69, 9.17) is 11.6 Å². The highest BCUT2D eigenvalue weighted by Crippen LogP contribution is 2.39. The first-order valence-corrected chi connectivity index (χ1v) is 7.48. The predicted octanol–water partition coefficient (Wildman–Crippen LogP) is 2.31. The Hall–Kier alpha value is -2.21. The minimum Gasteiger partial charge on any atom is -0.342 e. The molecule has 1 heterocycles. The van der Waals surface area contributed by atoms with E-state index in [-0.39, 0.29) is 11.9 Å². The summed E-state index contributed by atoms with van der Waals surface area (Å²) in [5, 5.41) is 15.7. The van der Waals surface area contributed by atoms with Gasteiger partial charge < -0.3 is 5.32 Å². The molecule has 0 saturated heterocycles. The van der Waals surface area contributed by atoms with Crippen molar-refractivity contribution in [3.8, 4) is 0 Å². The molecule has 1 atom stereocenters. The van der Waals surface area contributed by atoms with E-state index in [1.807, 2.05) is 18.2 Å². The van der Waals surface area contributed by atoms with Gasteiger partial charge in [-0.3, -0.25) is 4.79 Å². The molecule has 1 saturated carbocycles. The van der Waals surface area contributed by atoms with E-state index in [1.54, 1.807) is 12.1 Å². The number of amides is 1. The van der Waals surface area contributed by atoms with Crippen LogP contribution in [0.2, 0.25) is 0 Å². The van der Waals surface area contributed by atoms with Crippen LogP contribution in [-0.4, -0.2) is 26.1 Å². The van der Waals surface area contributed by atoms with Crippen LogP contribution in [0.4, 0.5) is 0 Å². The van der Waals surface area contributed by atoms with Crippen LogP contribution in [0, 0.1) is 5.92 Å². The summed E-state index contributed by atoms with van der Waals surface area (Å²) in [4.78, 5) is 13.7. The molecule has 0 bridgehead atoms. The second kappa shape index (κ2) is 6.27. The van der Waals surface area contributed by atoms with Crippen LogP contribution in [0.1, 0.15) is 35.1 Å². The van der Waals surface area contributed by atoms with Gasteiger partial charge in [0.1, 0.15) is 0 Å². The summed E-state index contributed by atoms with van der Waals surface area (Å²) in [5.41, 5.74) is 0.620. The molecular formula is C15H16ClN5O. The topological polar surface area (TPSA) is 72.7 Å². The fourth-order valence-electron chi connectivity index (χ4n) is 2.24. The normalized spacial score (nSPS) is 15.3. The van der Waals surface area contributed by atoms with E-state index < -0.39 is 0 Å². The van der Waals surface area contributed by atoms with E-state index in [1.165, 1.54) is 4.80 Å². The van der Waals surface area contributed by atoms with E-state index in [9.17, 15) is 4.79 Å². The predicted molar refractivity (Wildman–Crippen MR) is 82.2 cm³/mol. The van der Waals surface area contributed by atoms with Crippen molar-refractivity contribution in [3.05, 3.63) is 53.3 Å². The van der Waals surface area contributed by atoms with Gasteiger partial charge in [0.05, 0.1) is 12.6 Å². The number of tetrazole rings is 1. The van der Waals surface area contributed by atoms with Gasteiger partial charge in [-0.05, 0) is 36.1 Å². The molecule has 0 aliphatic heterocycles. The Labute approximate surface area is 133 Å². The van der Waals surface area contributed by atoms with Crippen LogP contribution in [0.5, 0.6) is 0 Å². The first-order valence-electron chi connectivity index (χ1n) is 7.10. The van der Waals surface area contributed by atoms with E-state index in [2.05, 4.69) is 27.3 Å². The van der Waals surface area contributed by atoms with Crippen LogP contribution in [0.25, 0.3) is 0 Å². The Balaban J connectivity index is 1.74. The molecular weight excluding hydrogens is 302 g/mol. The molecule has 22 heavy (non-hydrogen) atoms. The highest BCUT2D eigenvalue weighted by atomic mass is 35.5. The van der Waals surface area contributed by atoms with Crippen molar-refractivity contribution in [2.24, 2.45) is 5.92 Å². The third kappa shape index (κ3) is 3.51. The molecule has 1 aromatic heterocycles. The third-order valence-corrected chi connectivity index (χ3v) is 3.59. The lowest BCUT2D eigenvalue weighted by Crippen LogP contribution is -2.30. The molecule has 0 unspecified atom stereocenters. The maximum absolute atomic E-state index is 12.3. The molecule has 1 aromatic carbocycles. The van der Waals surface area contributed by atoms with Crippen molar-refractivity contribution in [1.29, 1.82) is 0 Å². The Morgan fingerprint density at radius 2 is 2.14 bits per heavy atom. The Morgan fingerprint density at radius 3 is 2.77 bits per heavy atom. The number of rotatable bonds is 6. The van der Waals surface area contributed by atoms with Crippen LogP contribution in [-0.2, 0) is 6.54 Å². The van der Waals surface area contributed by atoms with Crippen molar-refractivity contribution >= 4 is 17.5 Å². The van der Waals surface area contributed by atoms with Crippen LogP contribution < -0.4 is 5.32 Å². The maximum Gasteiger partial charge on any atom is 0.251 e. The average Bonchev–Trinajstić information content (AvgIpc) is 3.25. The van der Waals surface area contributed by atoms with Gasteiger partial charge in [0.25, 0.3) is 5.91 Å². The highest BCUT2D eigenvalue weighted by molar-refractivity contribution is 6.29. The quantitative estimate of drug-likeness (QED) is 0.887. The zero-order valence-corrected chi connectivity index (χ0v) is 12.7. The zero-order chi connectivity index (χ0) is 15.5. The minimum atomic E-state index is -0.218. The second-order valence-corrected chi connectivity index (χ2v) is 5.88. The molecule has 1 aliphatic carbocycles. The number of allylic oxidation sites excluding steroid dienone is 1. The lowest BCUT2D eigenvalue weighted by molar-refractivity contribution is 0.0929. The molecule has 1 fully saturated rings. The highest BCUT2D eigenvalue weighted by Gasteiger charge is 2.36. The molecule has 1 aliphatic rings. The molecule has 3 rings (SSSR count). The zero-order valence-electron chi connectivity index (χ0n) is 11.9. The fraction of sp³-hybridized carbons (Fsp3) is 0.333. The molecule has 0 spiro atoms. The van der Waals surface area contributed by atoms with Crippen LogP contribution in [0.15, 0.2) is 41.9 Å². The van der Waals surface area contributed by atoms with Gasteiger partial charge in [-0.25, -0.2) is 0 Å². The summed E-state index contributed by atoms with van der Waals surface area (Å²) in [7, 11) is 0. The number of nitrogens with zero attached hydrogens (tertiary/aromatic N) is 4. The van der Waals surface area contributed by atoms with Gasteiger partial charge in [0.15, 0.2) is 5.82 Å². The summed E-state index contributed by atoms with van der Waals surface area (Å²) in [6.07, 6.45) is 2.10. The lowest BCUT2D eigenvalue weighted by atomic mass is 10.1. The lowest BCUT2D eigenvalue weighted by Gasteiger charge is -2.14. The first kappa shape index (κ1) is 14.7. The Kier molecular flexibility index (Phi) is 4.20. The summed E-state index contributed by atoms with van der Waals surface area (Å²) < 4.78 is 0. The molecule has 7 heteroatoms. The van der Waals surface area contributed by atoms with Gasteiger partial charge in [0.2, 0.25) is 0 Å². The van der Waals surface area contributed by atoms with Crippen molar-refractivity contribution in [2.45, 2.75) is 25.4 Å². The number of nitrogens with one attached hydrogen (secondary N) is 1. The van der Waals surface area contributed by atoms with Crippen molar-refractivity contribution in [3.63, 3.8) is 0 Å². The number of carbonyl (C=O) groups excluding carboxylic acids is 1. The standard InChI is InChI=1S/C15H16ClN5O/c1-10(16)9-21-19-14(18-20-21)13(11-7-8-11)17-15(22)12-5-3-2-4-6-12/h2-6,11,13H,1,7-9H2,(H,17,22)/t13-/m1/s1. The van der Waals surface area contributed by atoms with Gasteiger partial charge >= 0.3 is 0 Å². The van der Waals surface area contributed by atoms with E-state index in [0.29, 0.717) is 28.9 Å². The molecule has 2 aromatic rings. The Bertz CT molecular complexity index is 680. The smallest absolute Gasteiger partial charge is 0.251 e. The number of hydrogen-bond acceptors (Lipinski definition) is 4. The number of aromatic nitrogens is 4. The van der Waals surface area contributed by atoms with Crippen LogP contribution >= 0.6 is 11.6 Å². The maximum atomic E-state index is 12.3. The van der Waals surface area contributed by atoms with Crippen LogP contribution in [0.3, 0.4) is 0 Å². The van der Waals surface area contributed by atoms with Crippen molar-refractivity contribution < 1.29 is 4.79 Å². The third-order valence-electron chi connectivity index (χ3n) is 3.48.